The lowest BCUT2D eigenvalue weighted by Gasteiger charge is -2.41. The quantitative estimate of drug-likeness (QED) is 0.0861. The second-order valence-corrected chi connectivity index (χ2v) is 19.2. The van der Waals surface area contributed by atoms with Crippen LogP contribution in [0.15, 0.2) is 95.5 Å². The minimum Gasteiger partial charge on any atom is -0.455 e. The molecule has 0 bridgehead atoms. The van der Waals surface area contributed by atoms with Crippen LogP contribution in [0.5, 0.6) is 11.5 Å². The van der Waals surface area contributed by atoms with Gasteiger partial charge in [-0.2, -0.15) is 26.0 Å². The molecule has 4 aromatic rings. The first-order chi connectivity index (χ1) is 30.5. The predicted molar refractivity (Wildman–Crippen MR) is 238 cm³/mol. The largest absolute Gasteiger partial charge is 0.455 e. The van der Waals surface area contributed by atoms with Gasteiger partial charge in [-0.1, -0.05) is 55.3 Å². The van der Waals surface area contributed by atoms with E-state index >= 15 is 0 Å². The molecule has 3 aromatic carbocycles. The molecule has 342 valence electrons. The molecule has 1 aliphatic carbocycles. The highest BCUT2D eigenvalue weighted by molar-refractivity contribution is 7.89. The van der Waals surface area contributed by atoms with Crippen molar-refractivity contribution in [2.45, 2.75) is 57.0 Å². The van der Waals surface area contributed by atoms with Crippen molar-refractivity contribution in [1.82, 2.24) is 19.3 Å². The molecule has 19 heteroatoms. The van der Waals surface area contributed by atoms with Gasteiger partial charge in [0.1, 0.15) is 29.5 Å². The normalized spacial score (nSPS) is 17.8. The molecule has 3 aliphatic rings. The Morgan fingerprint density at radius 3 is 2.41 bits per heavy atom. The standard InChI is InChI=1S/C45H51ClF3N7O7S/c1-44(2)18-15-33(38(26-44)32-7-9-34(46)10-8-32)29-53-19-21-54(22-20-53)55(64(60,61)36-12-13-39(40(25-36)56(58)59)50-27-31-16-23-62-24-17-31)43(57)37-5-3-4-6-41(37)63-35-11-14-42(51-28-35)52-30-45(47,48)49/h3-14,25,28,31,50H,15-24,26-27,29-30H2,1-2H3,(H,51,52). The number of alkyl halides is 3. The zero-order valence-electron chi connectivity index (χ0n) is 35.6. The number of carbonyl (C=O) groups excluding carboxylic acids is 1. The summed E-state index contributed by atoms with van der Waals surface area (Å²) in [6, 6.07) is 20.0. The number of pyridine rings is 1. The van der Waals surface area contributed by atoms with E-state index < -0.39 is 44.2 Å². The maximum atomic E-state index is 14.9. The zero-order valence-corrected chi connectivity index (χ0v) is 37.1. The van der Waals surface area contributed by atoms with Crippen molar-refractivity contribution in [1.29, 1.82) is 0 Å². The number of nitrogens with one attached hydrogen (secondary N) is 2. The summed E-state index contributed by atoms with van der Waals surface area (Å²) in [5.74, 6) is -0.805. The first-order valence-electron chi connectivity index (χ1n) is 21.1. The molecule has 2 saturated heterocycles. The lowest BCUT2D eigenvalue weighted by Crippen LogP contribution is -2.57. The van der Waals surface area contributed by atoms with E-state index in [1.54, 1.807) is 6.07 Å². The number of aromatic nitrogens is 1. The topological polar surface area (TPSA) is 159 Å². The number of sulfonamides is 1. The number of benzene rings is 3. The summed E-state index contributed by atoms with van der Waals surface area (Å²) in [4.78, 5) is 32.4. The smallest absolute Gasteiger partial charge is 0.405 e. The highest BCUT2D eigenvalue weighted by atomic mass is 35.5. The van der Waals surface area contributed by atoms with Crippen molar-refractivity contribution in [3.8, 4) is 11.5 Å². The van der Waals surface area contributed by atoms with Gasteiger partial charge in [-0.15, -0.1) is 0 Å². The number of hydrogen-bond acceptors (Lipinski definition) is 12. The highest BCUT2D eigenvalue weighted by Crippen LogP contribution is 2.43. The molecule has 0 radical (unpaired) electrons. The molecule has 0 atom stereocenters. The molecule has 1 amide bonds. The van der Waals surface area contributed by atoms with Crippen molar-refractivity contribution in [2.24, 2.45) is 11.3 Å². The maximum Gasteiger partial charge on any atom is 0.405 e. The Hall–Kier alpha value is -5.27. The number of carbonyl (C=O) groups is 1. The summed E-state index contributed by atoms with van der Waals surface area (Å²) < 4.78 is 80.2. The van der Waals surface area contributed by atoms with E-state index in [9.17, 15) is 36.5 Å². The fourth-order valence-electron chi connectivity index (χ4n) is 8.18. The molecule has 3 heterocycles. The molecule has 0 spiro atoms. The van der Waals surface area contributed by atoms with Gasteiger partial charge in [0, 0.05) is 63.6 Å². The van der Waals surface area contributed by atoms with Crippen LogP contribution in [0.25, 0.3) is 5.57 Å². The van der Waals surface area contributed by atoms with E-state index in [4.69, 9.17) is 21.1 Å². The van der Waals surface area contributed by atoms with Gasteiger partial charge < -0.3 is 20.1 Å². The van der Waals surface area contributed by atoms with Gasteiger partial charge in [0.15, 0.2) is 0 Å². The molecule has 2 aliphatic heterocycles. The van der Waals surface area contributed by atoms with Crippen LogP contribution in [-0.2, 0) is 14.8 Å². The number of piperazine rings is 1. The van der Waals surface area contributed by atoms with E-state index in [1.165, 1.54) is 64.8 Å². The summed E-state index contributed by atoms with van der Waals surface area (Å²) in [7, 11) is -4.82. The predicted octanol–water partition coefficient (Wildman–Crippen LogP) is 9.28. The SMILES string of the molecule is CC1(C)CCC(CN2CCN(N(C(=O)c3ccccc3Oc3ccc(NCC(F)(F)F)nc3)S(=O)(=O)c3ccc(NCC4CCOCC4)c([N+](=O)[O-])c3)CC2)=C(c2ccc(Cl)cc2)C1. The Morgan fingerprint density at radius 1 is 1.02 bits per heavy atom. The maximum absolute atomic E-state index is 14.9. The third kappa shape index (κ3) is 11.7. The average Bonchev–Trinajstić information content (AvgIpc) is 3.27. The lowest BCUT2D eigenvalue weighted by atomic mass is 9.72. The molecule has 7 rings (SSSR count). The number of anilines is 2. The van der Waals surface area contributed by atoms with E-state index in [0.29, 0.717) is 48.8 Å². The number of nitrogens with zero attached hydrogens (tertiary/aromatic N) is 5. The monoisotopic (exact) mass is 925 g/mol. The number of para-hydroxylation sites is 1. The Morgan fingerprint density at radius 2 is 1.73 bits per heavy atom. The van der Waals surface area contributed by atoms with Crippen LogP contribution in [0.1, 0.15) is 61.9 Å². The molecule has 1 aromatic heterocycles. The molecule has 64 heavy (non-hydrogen) atoms. The van der Waals surface area contributed by atoms with Gasteiger partial charge in [-0.05, 0) is 103 Å². The van der Waals surface area contributed by atoms with Crippen molar-refractivity contribution < 1.29 is 40.8 Å². The minimum absolute atomic E-state index is 0.0512. The Labute approximate surface area is 375 Å². The Balaban J connectivity index is 1.17. The molecule has 2 N–H and O–H groups in total. The minimum atomic E-state index is -4.82. The number of hydrazine groups is 1. The summed E-state index contributed by atoms with van der Waals surface area (Å²) >= 11 is 6.23. The molecule has 2 fully saturated rings. The number of nitro groups is 1. The van der Waals surface area contributed by atoms with Crippen LogP contribution in [0.2, 0.25) is 5.02 Å². The van der Waals surface area contributed by atoms with E-state index in [-0.39, 0.29) is 53.0 Å². The summed E-state index contributed by atoms with van der Waals surface area (Å²) in [6.07, 6.45) is 1.05. The number of rotatable bonds is 15. The van der Waals surface area contributed by atoms with Crippen LogP contribution in [0, 0.1) is 21.4 Å². The molecular weight excluding hydrogens is 875 g/mol. The fourth-order valence-corrected chi connectivity index (χ4v) is 9.79. The summed E-state index contributed by atoms with van der Waals surface area (Å²) in [5, 5.41) is 19.8. The van der Waals surface area contributed by atoms with Gasteiger partial charge in [0.2, 0.25) is 0 Å². The van der Waals surface area contributed by atoms with Gasteiger partial charge in [0.05, 0.1) is 21.6 Å². The first kappa shape index (κ1) is 46.7. The van der Waals surface area contributed by atoms with Crippen LogP contribution in [0.3, 0.4) is 0 Å². The van der Waals surface area contributed by atoms with Crippen LogP contribution < -0.4 is 15.4 Å². The number of nitro benzene ring substituents is 1. The van der Waals surface area contributed by atoms with Gasteiger partial charge >= 0.3 is 6.18 Å². The number of ether oxygens (including phenoxy) is 2. The number of hydrogen-bond donors (Lipinski definition) is 2. The number of allylic oxidation sites excluding steroid dienone is 1. The zero-order chi connectivity index (χ0) is 45.6. The van der Waals surface area contributed by atoms with E-state index in [0.717, 1.165) is 43.7 Å². The second-order valence-electron chi connectivity index (χ2n) is 17.0. The molecular formula is C45H51ClF3N7O7S. The fraction of sp³-hybridized carbons (Fsp3) is 0.422. The van der Waals surface area contributed by atoms with Crippen molar-refractivity contribution in [3.05, 3.63) is 117 Å². The molecule has 0 unspecified atom stereocenters. The Kier molecular flexibility index (Phi) is 14.5. The molecule has 0 saturated carbocycles. The highest BCUT2D eigenvalue weighted by Gasteiger charge is 2.40. The number of halogens is 4. The third-order valence-electron chi connectivity index (χ3n) is 11.7. The van der Waals surface area contributed by atoms with Crippen molar-refractivity contribution in [2.75, 3.05) is 69.7 Å². The van der Waals surface area contributed by atoms with E-state index in [2.05, 4.69) is 34.4 Å². The molecule has 14 nitrogen and oxygen atoms in total. The van der Waals surface area contributed by atoms with Crippen LogP contribution >= 0.6 is 11.6 Å². The average molecular weight is 926 g/mol. The first-order valence-corrected chi connectivity index (χ1v) is 22.9. The lowest BCUT2D eigenvalue weighted by molar-refractivity contribution is -0.384. The summed E-state index contributed by atoms with van der Waals surface area (Å²) in [5.41, 5.74) is 3.30. The van der Waals surface area contributed by atoms with Crippen molar-refractivity contribution >= 4 is 50.3 Å². The van der Waals surface area contributed by atoms with Gasteiger partial charge in [-0.3, -0.25) is 19.8 Å². The Bertz CT molecular complexity index is 2440. The van der Waals surface area contributed by atoms with Gasteiger partial charge in [0.25, 0.3) is 21.6 Å². The third-order valence-corrected chi connectivity index (χ3v) is 13.7. The van der Waals surface area contributed by atoms with Gasteiger partial charge in [-0.25, -0.2) is 9.99 Å². The van der Waals surface area contributed by atoms with Crippen molar-refractivity contribution in [3.63, 3.8) is 0 Å². The number of amides is 1. The second kappa shape index (κ2) is 19.9. The van der Waals surface area contributed by atoms with E-state index in [1.807, 2.05) is 24.3 Å². The summed E-state index contributed by atoms with van der Waals surface area (Å²) in [6.45, 7) is 6.50. The van der Waals surface area contributed by atoms with Crippen LogP contribution in [-0.4, -0.2) is 104 Å². The van der Waals surface area contributed by atoms with Crippen LogP contribution in [0.4, 0.5) is 30.4 Å².